The van der Waals surface area contributed by atoms with Crippen LogP contribution in [0.25, 0.3) is 0 Å². The van der Waals surface area contributed by atoms with E-state index in [-0.39, 0.29) is 5.41 Å². The number of fused-ring (bicyclic) bond motifs is 1. The molecular formula is C23H31N2PbS. The van der Waals surface area contributed by atoms with Crippen LogP contribution >= 0.6 is 11.8 Å². The zero-order chi connectivity index (χ0) is 20.0. The van der Waals surface area contributed by atoms with Gasteiger partial charge in [0.25, 0.3) is 0 Å². The molecule has 0 unspecified atom stereocenters. The summed E-state index contributed by atoms with van der Waals surface area (Å²) in [5.74, 6) is 1.18. The number of anilines is 2. The number of unbranched alkanes of at least 4 members (excludes halogenated alkanes) is 1. The first kappa shape index (κ1) is 22.5. The number of nitrogens with one attached hydrogen (secondary N) is 1. The Morgan fingerprint density at radius 1 is 1.15 bits per heavy atom. The first-order valence-corrected chi connectivity index (χ1v) is 12.8. The Morgan fingerprint density at radius 2 is 1.89 bits per heavy atom. The Morgan fingerprint density at radius 3 is 2.59 bits per heavy atom. The van der Waals surface area contributed by atoms with Gasteiger partial charge >= 0.3 is 165 Å². The summed E-state index contributed by atoms with van der Waals surface area (Å²) in [6.07, 6.45) is 2.51. The fourth-order valence-electron chi connectivity index (χ4n) is 3.04. The molecule has 3 radical (unpaired) electrons. The molecule has 1 heterocycles. The topological polar surface area (TPSA) is 24.4 Å². The van der Waals surface area contributed by atoms with Crippen molar-refractivity contribution in [3.05, 3.63) is 47.5 Å². The Hall–Kier alpha value is -0.818. The summed E-state index contributed by atoms with van der Waals surface area (Å²) >= 11 is 2.95. The third-order valence-corrected chi connectivity index (χ3v) is 8.55. The van der Waals surface area contributed by atoms with Crippen molar-refractivity contribution in [3.8, 4) is 0 Å². The molecule has 2 aromatic rings. The molecule has 0 fully saturated rings. The second-order valence-electron chi connectivity index (χ2n) is 7.15. The summed E-state index contributed by atoms with van der Waals surface area (Å²) in [6.45, 7) is 13.0. The molecule has 27 heavy (non-hydrogen) atoms. The van der Waals surface area contributed by atoms with Crippen LogP contribution in [0, 0.1) is 6.92 Å². The van der Waals surface area contributed by atoms with Crippen molar-refractivity contribution in [2.45, 2.75) is 64.7 Å². The predicted octanol–water partition coefficient (Wildman–Crippen LogP) is 7.15. The second kappa shape index (κ2) is 10.1. The monoisotopic (exact) mass is 575 g/mol. The van der Waals surface area contributed by atoms with Crippen LogP contribution in [0.2, 0.25) is 0 Å². The van der Waals surface area contributed by atoms with Crippen molar-refractivity contribution < 1.29 is 0 Å². The molecule has 0 aliphatic carbocycles. The van der Waals surface area contributed by atoms with Crippen molar-refractivity contribution in [1.82, 2.24) is 0 Å². The molecule has 3 rings (SSSR count). The van der Waals surface area contributed by atoms with Gasteiger partial charge in [0.15, 0.2) is 0 Å². The average Bonchev–Trinajstić information content (AvgIpc) is 2.87. The van der Waals surface area contributed by atoms with Crippen molar-refractivity contribution >= 4 is 57.9 Å². The van der Waals surface area contributed by atoms with Gasteiger partial charge in [0, 0.05) is 0 Å². The third kappa shape index (κ3) is 5.37. The molecule has 0 bridgehead atoms. The number of aryl methyl sites for hydroxylation is 1. The molecule has 1 aliphatic heterocycles. The summed E-state index contributed by atoms with van der Waals surface area (Å²) < 4.78 is 1.32. The van der Waals surface area contributed by atoms with Gasteiger partial charge in [-0.3, -0.25) is 0 Å². The Kier molecular flexibility index (Phi) is 8.41. The van der Waals surface area contributed by atoms with Gasteiger partial charge in [-0.05, 0) is 0 Å². The summed E-state index contributed by atoms with van der Waals surface area (Å²) in [7, 11) is 0. The van der Waals surface area contributed by atoms with E-state index in [0.29, 0.717) is 0 Å². The van der Waals surface area contributed by atoms with Crippen LogP contribution in [0.3, 0.4) is 0 Å². The number of para-hydroxylation sites is 1. The summed E-state index contributed by atoms with van der Waals surface area (Å²) in [5, 5.41) is 3.63. The van der Waals surface area contributed by atoms with Gasteiger partial charge in [-0.2, -0.15) is 0 Å². The average molecular weight is 575 g/mol. The fourth-order valence-corrected chi connectivity index (χ4v) is 5.15. The van der Waals surface area contributed by atoms with E-state index in [1.54, 1.807) is 0 Å². The van der Waals surface area contributed by atoms with E-state index in [0.717, 1.165) is 42.8 Å². The van der Waals surface area contributed by atoms with Crippen molar-refractivity contribution in [3.63, 3.8) is 0 Å². The number of rotatable bonds is 6. The molecule has 0 aromatic heterocycles. The molecular weight excluding hydrogens is 544 g/mol. The van der Waals surface area contributed by atoms with E-state index < -0.39 is 0 Å². The molecule has 0 atom stereocenters. The first-order chi connectivity index (χ1) is 12.9. The normalized spacial score (nSPS) is 14.1. The van der Waals surface area contributed by atoms with Gasteiger partial charge < -0.3 is 0 Å². The van der Waals surface area contributed by atoms with Gasteiger partial charge in [-0.15, -0.1) is 0 Å². The van der Waals surface area contributed by atoms with Gasteiger partial charge in [0.1, 0.15) is 0 Å². The van der Waals surface area contributed by atoms with Crippen molar-refractivity contribution in [2.75, 3.05) is 11.1 Å². The minimum atomic E-state index is 0.0764. The summed E-state index contributed by atoms with van der Waals surface area (Å²) in [5.41, 5.74) is 6.11. The molecule has 2 aromatic carbocycles. The van der Waals surface area contributed by atoms with Crippen LogP contribution in [0.5, 0.6) is 0 Å². The second-order valence-corrected chi connectivity index (χ2v) is 10.2. The number of benzene rings is 2. The van der Waals surface area contributed by atoms with Crippen LogP contribution in [0.15, 0.2) is 46.3 Å². The van der Waals surface area contributed by atoms with Gasteiger partial charge in [-0.1, -0.05) is 20.8 Å². The number of nitrogens with zero attached hydrogens (tertiary/aromatic N) is 1. The maximum atomic E-state index is 4.92. The van der Waals surface area contributed by atoms with Crippen LogP contribution in [0.4, 0.5) is 17.1 Å². The van der Waals surface area contributed by atoms with Crippen molar-refractivity contribution in [2.24, 2.45) is 4.99 Å². The molecule has 1 aliphatic rings. The first-order valence-electron chi connectivity index (χ1n) is 9.87. The van der Waals surface area contributed by atoms with E-state index in [1.165, 1.54) is 37.9 Å². The number of hydrogen-bond donors (Lipinski definition) is 1. The summed E-state index contributed by atoms with van der Waals surface area (Å²) in [4.78, 5) is 6.26. The molecule has 0 saturated heterocycles. The fraction of sp³-hybridized carbons (Fsp3) is 0.435. The molecule has 4 heteroatoms. The molecule has 143 valence electrons. The van der Waals surface area contributed by atoms with Gasteiger partial charge in [0.2, 0.25) is 0 Å². The minimum absolute atomic E-state index is 0.0764. The molecule has 0 spiro atoms. The zero-order valence-corrected chi connectivity index (χ0v) is 22.1. The Labute approximate surface area is 185 Å². The van der Waals surface area contributed by atoms with E-state index in [2.05, 4.69) is 69.4 Å². The zero-order valence-electron chi connectivity index (χ0n) is 17.4. The van der Waals surface area contributed by atoms with Gasteiger partial charge in [0.05, 0.1) is 0 Å². The molecule has 1 N–H and O–H groups in total. The quantitative estimate of drug-likeness (QED) is 0.225. The van der Waals surface area contributed by atoms with E-state index in [1.807, 2.05) is 25.6 Å². The predicted molar refractivity (Wildman–Crippen MR) is 124 cm³/mol. The van der Waals surface area contributed by atoms with Crippen LogP contribution < -0.4 is 5.32 Å². The standard InChI is InChI=1S/C21H25N2S.C2H6.Pb/c1-5-6-10-24-17-12-15(2)11-16(13-17)23-19-9-7-8-18-20(19)22-14-21(18,3)4;1-2;/h7-9,11-13,23H,5-6,10H2,1-4H3;1-2H3;. The SMILES string of the molecule is CC.CCCCSc1cc(C)cc(Nc2cccc3c2N=[C]([Pb])C3(C)C)c1. The van der Waals surface area contributed by atoms with E-state index in [4.69, 9.17) is 4.99 Å². The number of aliphatic imine (C=N–C) groups is 1. The Balaban J connectivity index is 0.00000126. The van der Waals surface area contributed by atoms with E-state index >= 15 is 0 Å². The van der Waals surface area contributed by atoms with Crippen LogP contribution in [0.1, 0.15) is 58.6 Å². The Bertz CT molecular complexity index is 812. The number of thioether (sulfide) groups is 1. The van der Waals surface area contributed by atoms with E-state index in [9.17, 15) is 0 Å². The maximum absolute atomic E-state index is 4.92. The summed E-state index contributed by atoms with van der Waals surface area (Å²) in [6, 6.07) is 13.3. The number of hydrogen-bond acceptors (Lipinski definition) is 3. The third-order valence-electron chi connectivity index (χ3n) is 4.62. The van der Waals surface area contributed by atoms with Gasteiger partial charge in [-0.25, -0.2) is 0 Å². The van der Waals surface area contributed by atoms with Crippen molar-refractivity contribution in [1.29, 1.82) is 0 Å². The molecule has 0 saturated carbocycles. The molecule has 0 amide bonds. The van der Waals surface area contributed by atoms with Crippen LogP contribution in [-0.2, 0) is 5.41 Å². The molecule has 2 nitrogen and oxygen atoms in total. The van der Waals surface area contributed by atoms with Crippen LogP contribution in [-0.4, -0.2) is 34.8 Å².